The van der Waals surface area contributed by atoms with Gasteiger partial charge in [-0.3, -0.25) is 4.79 Å². The number of fused-ring (bicyclic) bond motifs is 4. The first-order chi connectivity index (χ1) is 16.0. The molecule has 2 N–H and O–H groups in total. The summed E-state index contributed by atoms with van der Waals surface area (Å²) in [5.41, 5.74) is 3.49. The molecule has 7 heteroatoms. The van der Waals surface area contributed by atoms with Crippen LogP contribution in [0.3, 0.4) is 0 Å². The lowest BCUT2D eigenvalue weighted by molar-refractivity contribution is -0.152. The molecular formula is C26H24N2O5. The minimum atomic E-state index is -1.08. The number of carbonyl (C=O) groups excluding carboxylic acids is 2. The van der Waals surface area contributed by atoms with Crippen LogP contribution in [-0.4, -0.2) is 53.2 Å². The largest absolute Gasteiger partial charge is 0.479 e. The Hall–Kier alpha value is -3.79. The fourth-order valence-electron chi connectivity index (χ4n) is 5.30. The van der Waals surface area contributed by atoms with Crippen molar-refractivity contribution in [2.45, 2.75) is 30.7 Å². The number of amides is 2. The van der Waals surface area contributed by atoms with Gasteiger partial charge in [-0.1, -0.05) is 54.5 Å². The smallest absolute Gasteiger partial charge is 0.407 e. The maximum Gasteiger partial charge on any atom is 0.407 e. The first kappa shape index (κ1) is 21.1. The molecule has 3 aliphatic rings. The number of benzene rings is 2. The fourth-order valence-corrected chi connectivity index (χ4v) is 5.30. The number of carboxylic acid groups (broad SMARTS) is 1. The summed E-state index contributed by atoms with van der Waals surface area (Å²) in [4.78, 5) is 37.7. The zero-order valence-electron chi connectivity index (χ0n) is 18.0. The van der Waals surface area contributed by atoms with Gasteiger partial charge in [0.25, 0.3) is 5.91 Å². The van der Waals surface area contributed by atoms with Gasteiger partial charge >= 0.3 is 12.1 Å². The second-order valence-corrected chi connectivity index (χ2v) is 8.71. The summed E-state index contributed by atoms with van der Waals surface area (Å²) < 4.78 is 5.44. The van der Waals surface area contributed by atoms with Gasteiger partial charge in [0.2, 0.25) is 0 Å². The first-order valence-electron chi connectivity index (χ1n) is 11.1. The van der Waals surface area contributed by atoms with E-state index in [4.69, 9.17) is 4.74 Å². The molecule has 168 valence electrons. The van der Waals surface area contributed by atoms with Gasteiger partial charge in [-0.25, -0.2) is 9.59 Å². The molecule has 2 atom stereocenters. The van der Waals surface area contributed by atoms with E-state index in [1.54, 1.807) is 0 Å². The van der Waals surface area contributed by atoms with E-state index in [-0.39, 0.29) is 25.0 Å². The van der Waals surface area contributed by atoms with E-state index in [1.807, 2.05) is 36.4 Å². The summed E-state index contributed by atoms with van der Waals surface area (Å²) in [5.74, 6) is 3.62. The summed E-state index contributed by atoms with van der Waals surface area (Å²) in [6.07, 6.45) is 1.49. The van der Waals surface area contributed by atoms with Crippen molar-refractivity contribution in [3.63, 3.8) is 0 Å². The van der Waals surface area contributed by atoms with Gasteiger partial charge in [0.05, 0.1) is 6.54 Å². The summed E-state index contributed by atoms with van der Waals surface area (Å²) in [6.45, 7) is 0.540. The number of hydrogen-bond acceptors (Lipinski definition) is 4. The van der Waals surface area contributed by atoms with Crippen LogP contribution >= 0.6 is 0 Å². The van der Waals surface area contributed by atoms with Crippen LogP contribution in [0.1, 0.15) is 36.3 Å². The Morgan fingerprint density at radius 2 is 1.76 bits per heavy atom. The van der Waals surface area contributed by atoms with Gasteiger partial charge < -0.3 is 20.1 Å². The molecule has 0 unspecified atom stereocenters. The highest BCUT2D eigenvalue weighted by atomic mass is 16.5. The zero-order valence-corrected chi connectivity index (χ0v) is 18.0. The second kappa shape index (κ2) is 8.28. The highest BCUT2D eigenvalue weighted by Gasteiger charge is 2.66. The molecule has 0 aromatic heterocycles. The minimum Gasteiger partial charge on any atom is -0.479 e. The molecule has 2 fully saturated rings. The fraction of sp³-hybridized carbons (Fsp3) is 0.346. The van der Waals surface area contributed by atoms with Gasteiger partial charge in [0, 0.05) is 12.5 Å². The molecule has 0 radical (unpaired) electrons. The van der Waals surface area contributed by atoms with Gasteiger partial charge in [0.1, 0.15) is 12.1 Å². The molecule has 1 aliphatic heterocycles. The number of carboxylic acids is 1. The van der Waals surface area contributed by atoms with Crippen molar-refractivity contribution >= 4 is 18.0 Å². The van der Waals surface area contributed by atoms with Crippen LogP contribution in [-0.2, 0) is 14.3 Å². The Morgan fingerprint density at radius 1 is 1.09 bits per heavy atom. The first-order valence-corrected chi connectivity index (χ1v) is 11.1. The van der Waals surface area contributed by atoms with Gasteiger partial charge in [-0.15, -0.1) is 0 Å². The number of hydrogen-bond donors (Lipinski definition) is 2. The lowest BCUT2D eigenvalue weighted by atomic mass is 9.98. The van der Waals surface area contributed by atoms with Gasteiger partial charge in [-0.2, -0.15) is 0 Å². The van der Waals surface area contributed by atoms with Crippen LogP contribution in [0.4, 0.5) is 4.79 Å². The van der Waals surface area contributed by atoms with E-state index in [9.17, 15) is 19.5 Å². The van der Waals surface area contributed by atoms with E-state index < -0.39 is 23.5 Å². The molecule has 2 aliphatic carbocycles. The zero-order chi connectivity index (χ0) is 23.0. The number of ether oxygens (including phenoxy) is 1. The van der Waals surface area contributed by atoms with Crippen molar-refractivity contribution in [3.8, 4) is 23.0 Å². The highest BCUT2D eigenvalue weighted by Crippen LogP contribution is 2.54. The summed E-state index contributed by atoms with van der Waals surface area (Å²) in [7, 11) is 0. The van der Waals surface area contributed by atoms with Crippen molar-refractivity contribution in [2.24, 2.45) is 5.92 Å². The molecule has 2 aromatic carbocycles. The van der Waals surface area contributed by atoms with E-state index in [1.165, 1.54) is 4.90 Å². The predicted octanol–water partition coefficient (Wildman–Crippen LogP) is 2.99. The standard InChI is InChI=1S/C26H24N2O5/c29-23(28-14-6-7-17-15-26(17,28)24(30)31)12-5-13-27-25(32)33-16-22-20-10-3-1-8-18(20)19-9-2-4-11-21(19)22/h1-4,8-11,17,22H,6-7,13-16H2,(H,27,32)(H,30,31)/t17-,26+/m1/s1. The normalized spacial score (nSPS) is 22.2. The Morgan fingerprint density at radius 3 is 2.42 bits per heavy atom. The van der Waals surface area contributed by atoms with Gasteiger partial charge in [-0.05, 0) is 53.4 Å². The number of likely N-dealkylation sites (tertiary alicyclic amines) is 1. The Labute approximate surface area is 191 Å². The number of piperidine rings is 1. The number of carbonyl (C=O) groups is 3. The molecule has 2 amide bonds. The van der Waals surface area contributed by atoms with Crippen LogP contribution in [0.2, 0.25) is 0 Å². The van der Waals surface area contributed by atoms with Crippen molar-refractivity contribution < 1.29 is 24.2 Å². The molecule has 33 heavy (non-hydrogen) atoms. The van der Waals surface area contributed by atoms with E-state index >= 15 is 0 Å². The quantitative estimate of drug-likeness (QED) is 0.707. The molecule has 5 rings (SSSR count). The number of aliphatic carboxylic acids is 1. The number of rotatable bonds is 4. The third kappa shape index (κ3) is 3.62. The molecule has 0 bridgehead atoms. The molecule has 1 saturated heterocycles. The number of nitrogens with one attached hydrogen (secondary N) is 1. The average molecular weight is 444 g/mol. The summed E-state index contributed by atoms with van der Waals surface area (Å²) in [6, 6.07) is 16.2. The summed E-state index contributed by atoms with van der Waals surface area (Å²) >= 11 is 0. The number of alkyl carbamates (subject to hydrolysis) is 1. The van der Waals surface area contributed by atoms with Gasteiger partial charge in [0.15, 0.2) is 0 Å². The predicted molar refractivity (Wildman–Crippen MR) is 120 cm³/mol. The summed E-state index contributed by atoms with van der Waals surface area (Å²) in [5, 5.41) is 12.1. The SMILES string of the molecule is O=C(NCC#CC(=O)N1CCC[C@@H]2C[C@@]21C(=O)O)OCC1c2ccccc2-c2ccccc21. The molecule has 2 aromatic rings. The minimum absolute atomic E-state index is 0.0217. The average Bonchev–Trinajstić information content (AvgIpc) is 3.51. The van der Waals surface area contributed by atoms with Crippen LogP contribution in [0, 0.1) is 17.8 Å². The van der Waals surface area contributed by atoms with Crippen LogP contribution < -0.4 is 5.32 Å². The third-order valence-corrected chi connectivity index (χ3v) is 6.96. The number of nitrogens with zero attached hydrogens (tertiary/aromatic N) is 1. The molecule has 1 saturated carbocycles. The van der Waals surface area contributed by atoms with Crippen LogP contribution in [0.25, 0.3) is 11.1 Å². The lowest BCUT2D eigenvalue weighted by Crippen LogP contribution is -2.50. The Bertz CT molecular complexity index is 1150. The lowest BCUT2D eigenvalue weighted by Gasteiger charge is -2.31. The Balaban J connectivity index is 1.15. The van der Waals surface area contributed by atoms with E-state index in [0.29, 0.717) is 13.0 Å². The van der Waals surface area contributed by atoms with Crippen LogP contribution in [0.5, 0.6) is 0 Å². The Kier molecular flexibility index (Phi) is 5.29. The van der Waals surface area contributed by atoms with Crippen molar-refractivity contribution in [1.29, 1.82) is 0 Å². The topological polar surface area (TPSA) is 95.9 Å². The van der Waals surface area contributed by atoms with E-state index in [2.05, 4.69) is 29.3 Å². The van der Waals surface area contributed by atoms with Crippen molar-refractivity contribution in [1.82, 2.24) is 10.2 Å². The monoisotopic (exact) mass is 444 g/mol. The maximum absolute atomic E-state index is 12.5. The third-order valence-electron chi connectivity index (χ3n) is 6.96. The maximum atomic E-state index is 12.5. The second-order valence-electron chi connectivity index (χ2n) is 8.71. The van der Waals surface area contributed by atoms with E-state index in [0.717, 1.165) is 35.1 Å². The van der Waals surface area contributed by atoms with Crippen LogP contribution in [0.15, 0.2) is 48.5 Å². The molecule has 7 nitrogen and oxygen atoms in total. The molecule has 0 spiro atoms. The van der Waals surface area contributed by atoms with Crippen molar-refractivity contribution in [3.05, 3.63) is 59.7 Å². The molecule has 1 heterocycles. The van der Waals surface area contributed by atoms with Crippen molar-refractivity contribution in [2.75, 3.05) is 19.7 Å². The molecular weight excluding hydrogens is 420 g/mol. The highest BCUT2D eigenvalue weighted by molar-refractivity contribution is 5.99.